The zero-order valence-electron chi connectivity index (χ0n) is 8.63. The molecule has 0 amide bonds. The van der Waals surface area contributed by atoms with Crippen LogP contribution in [0.1, 0.15) is 12.0 Å². The fourth-order valence-electron chi connectivity index (χ4n) is 1.35. The van der Waals surface area contributed by atoms with E-state index in [2.05, 4.69) is 0 Å². The zero-order valence-corrected chi connectivity index (χ0v) is 8.63. The van der Waals surface area contributed by atoms with E-state index in [0.29, 0.717) is 12.1 Å². The van der Waals surface area contributed by atoms with Crippen molar-refractivity contribution in [2.24, 2.45) is 0 Å². The van der Waals surface area contributed by atoms with Gasteiger partial charge >= 0.3 is 0 Å². The van der Waals surface area contributed by atoms with Gasteiger partial charge in [0.15, 0.2) is 0 Å². The minimum absolute atomic E-state index is 0.150. The fraction of sp³-hybridized carbons (Fsp3) is 0.455. The maximum absolute atomic E-state index is 13.4. The highest BCUT2D eigenvalue weighted by atomic mass is 19.1. The van der Waals surface area contributed by atoms with Crippen LogP contribution in [0, 0.1) is 5.82 Å². The smallest absolute Gasteiger partial charge is 0.146 e. The summed E-state index contributed by atoms with van der Waals surface area (Å²) in [5, 5.41) is 8.64. The molecule has 1 N–H and O–H groups in total. The number of aryl methyl sites for hydroxylation is 1. The maximum atomic E-state index is 13.4. The van der Waals surface area contributed by atoms with E-state index < -0.39 is 0 Å². The monoisotopic (exact) mass is 197 g/mol. The third-order valence-corrected chi connectivity index (χ3v) is 2.12. The van der Waals surface area contributed by atoms with Gasteiger partial charge in [-0.1, -0.05) is 6.07 Å². The molecule has 2 nitrogen and oxygen atoms in total. The summed E-state index contributed by atoms with van der Waals surface area (Å²) < 4.78 is 13.4. The lowest BCUT2D eigenvalue weighted by molar-refractivity contribution is 0.288. The molecule has 0 saturated heterocycles. The molecule has 0 aliphatic carbocycles. The normalized spacial score (nSPS) is 10.3. The molecule has 78 valence electrons. The van der Waals surface area contributed by atoms with E-state index in [0.717, 1.165) is 12.0 Å². The Labute approximate surface area is 84.0 Å². The van der Waals surface area contributed by atoms with Crippen molar-refractivity contribution in [2.45, 2.75) is 12.8 Å². The van der Waals surface area contributed by atoms with E-state index in [1.165, 1.54) is 6.07 Å². The van der Waals surface area contributed by atoms with Crippen LogP contribution in [-0.4, -0.2) is 25.8 Å². The second kappa shape index (κ2) is 4.96. The van der Waals surface area contributed by atoms with E-state index in [9.17, 15) is 4.39 Å². The summed E-state index contributed by atoms with van der Waals surface area (Å²) in [5.74, 6) is -0.203. The second-order valence-corrected chi connectivity index (χ2v) is 3.51. The minimum Gasteiger partial charge on any atom is -0.396 e. The number of nitrogens with zero attached hydrogens (tertiary/aromatic N) is 1. The first-order valence-electron chi connectivity index (χ1n) is 4.71. The zero-order chi connectivity index (χ0) is 10.6. The molecule has 0 radical (unpaired) electrons. The molecule has 1 aromatic carbocycles. The number of hydrogen-bond acceptors (Lipinski definition) is 2. The molecule has 0 aliphatic rings. The van der Waals surface area contributed by atoms with Crippen LogP contribution >= 0.6 is 0 Å². The molecule has 0 fully saturated rings. The molecule has 1 aromatic rings. The SMILES string of the molecule is CN(C)c1ccc(CCCO)cc1F. The Bertz CT molecular complexity index is 299. The van der Waals surface area contributed by atoms with Gasteiger partial charge in [-0.15, -0.1) is 0 Å². The van der Waals surface area contributed by atoms with Gasteiger partial charge in [0, 0.05) is 20.7 Å². The lowest BCUT2D eigenvalue weighted by atomic mass is 10.1. The van der Waals surface area contributed by atoms with Gasteiger partial charge in [-0.2, -0.15) is 0 Å². The van der Waals surface area contributed by atoms with Crippen molar-refractivity contribution in [3.63, 3.8) is 0 Å². The van der Waals surface area contributed by atoms with Crippen LogP contribution in [0.15, 0.2) is 18.2 Å². The van der Waals surface area contributed by atoms with Crippen molar-refractivity contribution in [2.75, 3.05) is 25.6 Å². The fourth-order valence-corrected chi connectivity index (χ4v) is 1.35. The molecule has 14 heavy (non-hydrogen) atoms. The molecular formula is C11H16FNO. The highest BCUT2D eigenvalue weighted by Crippen LogP contribution is 2.18. The van der Waals surface area contributed by atoms with E-state index in [4.69, 9.17) is 5.11 Å². The van der Waals surface area contributed by atoms with Crippen LogP contribution in [0.5, 0.6) is 0 Å². The number of aliphatic hydroxyl groups excluding tert-OH is 1. The largest absolute Gasteiger partial charge is 0.396 e. The van der Waals surface area contributed by atoms with E-state index in [1.54, 1.807) is 11.0 Å². The van der Waals surface area contributed by atoms with Gasteiger partial charge in [0.2, 0.25) is 0 Å². The summed E-state index contributed by atoms with van der Waals surface area (Å²) in [6, 6.07) is 5.20. The van der Waals surface area contributed by atoms with Gasteiger partial charge in [-0.3, -0.25) is 0 Å². The first-order chi connectivity index (χ1) is 6.65. The average molecular weight is 197 g/mol. The number of benzene rings is 1. The lowest BCUT2D eigenvalue weighted by Crippen LogP contribution is -2.10. The van der Waals surface area contributed by atoms with Crippen LogP contribution in [0.2, 0.25) is 0 Å². The molecule has 0 saturated carbocycles. The Balaban J connectivity index is 2.78. The molecule has 3 heteroatoms. The van der Waals surface area contributed by atoms with Gasteiger partial charge in [0.1, 0.15) is 5.82 Å². The number of anilines is 1. The van der Waals surface area contributed by atoms with Crippen molar-refractivity contribution in [3.05, 3.63) is 29.6 Å². The summed E-state index contributed by atoms with van der Waals surface area (Å²) in [4.78, 5) is 1.74. The topological polar surface area (TPSA) is 23.5 Å². The van der Waals surface area contributed by atoms with Crippen molar-refractivity contribution in [3.8, 4) is 0 Å². The van der Waals surface area contributed by atoms with Crippen LogP contribution in [-0.2, 0) is 6.42 Å². The molecule has 0 unspecified atom stereocenters. The van der Waals surface area contributed by atoms with E-state index in [1.807, 2.05) is 20.2 Å². The second-order valence-electron chi connectivity index (χ2n) is 3.51. The summed E-state index contributed by atoms with van der Waals surface area (Å²) in [7, 11) is 3.62. The van der Waals surface area contributed by atoms with Gasteiger partial charge in [-0.25, -0.2) is 4.39 Å². The standard InChI is InChI=1S/C11H16FNO/c1-13(2)11-6-5-9(4-3-7-14)8-10(11)12/h5-6,8,14H,3-4,7H2,1-2H3. The highest BCUT2D eigenvalue weighted by Gasteiger charge is 2.04. The maximum Gasteiger partial charge on any atom is 0.146 e. The van der Waals surface area contributed by atoms with Gasteiger partial charge in [-0.05, 0) is 30.5 Å². The molecular weight excluding hydrogens is 181 g/mol. The third kappa shape index (κ3) is 2.70. The Morgan fingerprint density at radius 2 is 2.07 bits per heavy atom. The first-order valence-corrected chi connectivity index (χ1v) is 4.71. The van der Waals surface area contributed by atoms with E-state index >= 15 is 0 Å². The van der Waals surface area contributed by atoms with Crippen molar-refractivity contribution in [1.82, 2.24) is 0 Å². The number of rotatable bonds is 4. The predicted molar refractivity (Wildman–Crippen MR) is 56.1 cm³/mol. The molecule has 1 rings (SSSR count). The lowest BCUT2D eigenvalue weighted by Gasteiger charge is -2.14. The number of hydrogen-bond donors (Lipinski definition) is 1. The van der Waals surface area contributed by atoms with Gasteiger partial charge in [0.05, 0.1) is 5.69 Å². The number of halogens is 1. The molecule has 0 aliphatic heterocycles. The van der Waals surface area contributed by atoms with Crippen molar-refractivity contribution >= 4 is 5.69 Å². The minimum atomic E-state index is -0.203. The quantitative estimate of drug-likeness (QED) is 0.795. The third-order valence-electron chi connectivity index (χ3n) is 2.12. The van der Waals surface area contributed by atoms with Crippen LogP contribution in [0.4, 0.5) is 10.1 Å². The van der Waals surface area contributed by atoms with Crippen LogP contribution in [0.25, 0.3) is 0 Å². The number of aliphatic hydroxyl groups is 1. The molecule has 0 spiro atoms. The predicted octanol–water partition coefficient (Wildman–Crippen LogP) is 1.82. The van der Waals surface area contributed by atoms with Crippen LogP contribution < -0.4 is 4.90 Å². The highest BCUT2D eigenvalue weighted by molar-refractivity contribution is 5.47. The summed E-state index contributed by atoms with van der Waals surface area (Å²) in [6.45, 7) is 0.150. The average Bonchev–Trinajstić information content (AvgIpc) is 2.14. The Hall–Kier alpha value is -1.09. The summed E-state index contributed by atoms with van der Waals surface area (Å²) in [6.07, 6.45) is 1.40. The molecule has 0 aromatic heterocycles. The van der Waals surface area contributed by atoms with E-state index in [-0.39, 0.29) is 12.4 Å². The Morgan fingerprint density at radius 1 is 1.36 bits per heavy atom. The molecule has 0 heterocycles. The Kier molecular flexibility index (Phi) is 3.89. The summed E-state index contributed by atoms with van der Waals surface area (Å²) >= 11 is 0. The van der Waals surface area contributed by atoms with Crippen LogP contribution in [0.3, 0.4) is 0 Å². The Morgan fingerprint density at radius 3 is 2.57 bits per heavy atom. The van der Waals surface area contributed by atoms with Gasteiger partial charge < -0.3 is 10.0 Å². The van der Waals surface area contributed by atoms with Crippen molar-refractivity contribution in [1.29, 1.82) is 0 Å². The summed E-state index contributed by atoms with van der Waals surface area (Å²) in [5.41, 5.74) is 1.53. The van der Waals surface area contributed by atoms with Crippen molar-refractivity contribution < 1.29 is 9.50 Å². The van der Waals surface area contributed by atoms with Gasteiger partial charge in [0.25, 0.3) is 0 Å². The molecule has 0 bridgehead atoms. The molecule has 0 atom stereocenters. The first kappa shape index (κ1) is 11.0.